The molecule has 5 nitrogen and oxygen atoms in total. The summed E-state index contributed by atoms with van der Waals surface area (Å²) in [5, 5.41) is 16.1. The zero-order valence-corrected chi connectivity index (χ0v) is 12.7. The zero-order valence-electron chi connectivity index (χ0n) is 12.7. The fraction of sp³-hybridized carbons (Fsp3) is 0.562. The van der Waals surface area contributed by atoms with Crippen molar-refractivity contribution in [1.29, 1.82) is 0 Å². The number of hydrogen-bond donors (Lipinski definition) is 3. The highest BCUT2D eigenvalue weighted by atomic mass is 16.5. The predicted octanol–water partition coefficient (Wildman–Crippen LogP) is 0.911. The molecule has 1 saturated heterocycles. The fourth-order valence-corrected chi connectivity index (χ4v) is 2.48. The quantitative estimate of drug-likeness (QED) is 0.729. The summed E-state index contributed by atoms with van der Waals surface area (Å²) in [6.07, 6.45) is 0.796. The maximum atomic E-state index is 11.1. The summed E-state index contributed by atoms with van der Waals surface area (Å²) in [5.74, 6) is 0.952. The highest BCUT2D eigenvalue weighted by molar-refractivity contribution is 5.76. The van der Waals surface area contributed by atoms with E-state index in [2.05, 4.69) is 10.6 Å². The minimum Gasteiger partial charge on any atom is -0.490 e. The van der Waals surface area contributed by atoms with E-state index in [4.69, 9.17) is 4.74 Å². The number of carbonyl (C=O) groups excluding carboxylic acids is 1. The summed E-state index contributed by atoms with van der Waals surface area (Å²) in [7, 11) is 0. The molecule has 0 radical (unpaired) electrons. The Bertz CT molecular complexity index is 460. The van der Waals surface area contributed by atoms with Crippen LogP contribution < -0.4 is 15.4 Å². The van der Waals surface area contributed by atoms with Crippen LogP contribution in [0.5, 0.6) is 5.75 Å². The average molecular weight is 292 g/mol. The van der Waals surface area contributed by atoms with Crippen molar-refractivity contribution >= 4 is 5.91 Å². The highest BCUT2D eigenvalue weighted by Crippen LogP contribution is 2.22. The summed E-state index contributed by atoms with van der Waals surface area (Å²) < 4.78 is 5.73. The lowest BCUT2D eigenvalue weighted by molar-refractivity contribution is -0.122. The van der Waals surface area contributed by atoms with Crippen LogP contribution in [-0.2, 0) is 4.79 Å². The van der Waals surface area contributed by atoms with Crippen molar-refractivity contribution in [2.45, 2.75) is 38.8 Å². The molecule has 1 heterocycles. The second-order valence-corrected chi connectivity index (χ2v) is 5.63. The van der Waals surface area contributed by atoms with Crippen LogP contribution in [0.4, 0.5) is 0 Å². The molecule has 0 aromatic heterocycles. The van der Waals surface area contributed by atoms with Gasteiger partial charge in [0.25, 0.3) is 0 Å². The number of aliphatic hydroxyl groups is 1. The van der Waals surface area contributed by atoms with Crippen LogP contribution in [0.25, 0.3) is 0 Å². The van der Waals surface area contributed by atoms with Gasteiger partial charge in [-0.2, -0.15) is 0 Å². The number of aliphatic hydroxyl groups excluding tert-OH is 1. The lowest BCUT2D eigenvalue weighted by Gasteiger charge is -2.25. The molecule has 2 atom stereocenters. The van der Waals surface area contributed by atoms with Gasteiger partial charge >= 0.3 is 0 Å². The number of carbonyl (C=O) groups is 1. The van der Waals surface area contributed by atoms with Gasteiger partial charge in [-0.15, -0.1) is 0 Å². The minimum absolute atomic E-state index is 0.104. The Morgan fingerprint density at radius 3 is 2.76 bits per heavy atom. The lowest BCUT2D eigenvalue weighted by atomic mass is 10.1. The van der Waals surface area contributed by atoms with Crippen LogP contribution in [0.2, 0.25) is 0 Å². The van der Waals surface area contributed by atoms with E-state index in [1.165, 1.54) is 0 Å². The summed E-state index contributed by atoms with van der Waals surface area (Å²) >= 11 is 0. The van der Waals surface area contributed by atoms with Gasteiger partial charge in [-0.05, 0) is 31.4 Å². The van der Waals surface area contributed by atoms with Gasteiger partial charge in [0.2, 0.25) is 5.91 Å². The van der Waals surface area contributed by atoms with Crippen molar-refractivity contribution < 1.29 is 14.6 Å². The van der Waals surface area contributed by atoms with Gasteiger partial charge < -0.3 is 20.5 Å². The van der Waals surface area contributed by atoms with Crippen LogP contribution >= 0.6 is 0 Å². The predicted molar refractivity (Wildman–Crippen MR) is 81.5 cm³/mol. The Morgan fingerprint density at radius 1 is 1.43 bits per heavy atom. The minimum atomic E-state index is -0.568. The number of hydrogen-bond acceptors (Lipinski definition) is 4. The first-order valence-corrected chi connectivity index (χ1v) is 7.43. The highest BCUT2D eigenvalue weighted by Gasteiger charge is 2.18. The number of ether oxygens (including phenoxy) is 1. The van der Waals surface area contributed by atoms with Crippen molar-refractivity contribution in [1.82, 2.24) is 10.6 Å². The Balaban J connectivity index is 1.72. The molecule has 5 heteroatoms. The first kappa shape index (κ1) is 15.8. The van der Waals surface area contributed by atoms with E-state index in [1.54, 1.807) is 0 Å². The molecule has 0 spiro atoms. The fourth-order valence-electron chi connectivity index (χ4n) is 2.48. The summed E-state index contributed by atoms with van der Waals surface area (Å²) in [6.45, 7) is 5.35. The molecule has 21 heavy (non-hydrogen) atoms. The van der Waals surface area contributed by atoms with Crippen molar-refractivity contribution in [3.63, 3.8) is 0 Å². The SMILES string of the molecule is Cc1cccc(C)c1OCC(O)CNC1CCC(=O)NC1. The smallest absolute Gasteiger partial charge is 0.220 e. The molecule has 1 amide bonds. The van der Waals surface area contributed by atoms with Crippen molar-refractivity contribution in [2.24, 2.45) is 0 Å². The van der Waals surface area contributed by atoms with Gasteiger partial charge in [0.15, 0.2) is 0 Å². The van der Waals surface area contributed by atoms with Crippen LogP contribution in [-0.4, -0.2) is 42.9 Å². The van der Waals surface area contributed by atoms with E-state index in [0.29, 0.717) is 19.5 Å². The second kappa shape index (κ2) is 7.43. The van der Waals surface area contributed by atoms with Crippen molar-refractivity contribution in [3.05, 3.63) is 29.3 Å². The molecular weight excluding hydrogens is 268 g/mol. The Kier molecular flexibility index (Phi) is 5.59. The molecule has 1 aliphatic rings. The van der Waals surface area contributed by atoms with Gasteiger partial charge in [-0.25, -0.2) is 0 Å². The van der Waals surface area contributed by atoms with E-state index < -0.39 is 6.10 Å². The van der Waals surface area contributed by atoms with E-state index in [9.17, 15) is 9.90 Å². The number of nitrogens with one attached hydrogen (secondary N) is 2. The van der Waals surface area contributed by atoms with Gasteiger partial charge in [-0.1, -0.05) is 18.2 Å². The molecule has 0 saturated carbocycles. The molecule has 1 aromatic rings. The maximum Gasteiger partial charge on any atom is 0.220 e. The molecule has 1 fully saturated rings. The summed E-state index contributed by atoms with van der Waals surface area (Å²) in [6, 6.07) is 6.22. The van der Waals surface area contributed by atoms with Crippen molar-refractivity contribution in [2.75, 3.05) is 19.7 Å². The zero-order chi connectivity index (χ0) is 15.2. The number of rotatable bonds is 6. The first-order chi connectivity index (χ1) is 10.1. The van der Waals surface area contributed by atoms with Crippen molar-refractivity contribution in [3.8, 4) is 5.75 Å². The molecule has 1 aromatic carbocycles. The van der Waals surface area contributed by atoms with Crippen LogP contribution in [0, 0.1) is 13.8 Å². The number of para-hydroxylation sites is 1. The normalized spacial score (nSPS) is 20.0. The molecule has 3 N–H and O–H groups in total. The number of aryl methyl sites for hydroxylation is 2. The second-order valence-electron chi connectivity index (χ2n) is 5.63. The largest absolute Gasteiger partial charge is 0.490 e. The third-order valence-corrected chi connectivity index (χ3v) is 3.74. The summed E-state index contributed by atoms with van der Waals surface area (Å²) in [5.41, 5.74) is 2.15. The Labute approximate surface area is 125 Å². The third-order valence-electron chi connectivity index (χ3n) is 3.74. The van der Waals surface area contributed by atoms with E-state index in [-0.39, 0.29) is 18.6 Å². The monoisotopic (exact) mass is 292 g/mol. The average Bonchev–Trinajstić information content (AvgIpc) is 2.46. The van der Waals surface area contributed by atoms with Gasteiger partial charge in [0, 0.05) is 25.6 Å². The lowest BCUT2D eigenvalue weighted by Crippen LogP contribution is -2.48. The topological polar surface area (TPSA) is 70.6 Å². The van der Waals surface area contributed by atoms with Crippen LogP contribution in [0.3, 0.4) is 0 Å². The molecular formula is C16H24N2O3. The molecule has 2 rings (SSSR count). The van der Waals surface area contributed by atoms with E-state index >= 15 is 0 Å². The molecule has 0 bridgehead atoms. The molecule has 2 unspecified atom stereocenters. The third kappa shape index (κ3) is 4.72. The molecule has 0 aliphatic carbocycles. The molecule has 1 aliphatic heterocycles. The standard InChI is InChI=1S/C16H24N2O3/c1-11-4-3-5-12(2)16(11)21-10-14(19)9-17-13-6-7-15(20)18-8-13/h3-5,13-14,17,19H,6-10H2,1-2H3,(H,18,20). The number of benzene rings is 1. The van der Waals surface area contributed by atoms with Crippen LogP contribution in [0.15, 0.2) is 18.2 Å². The molecule has 116 valence electrons. The van der Waals surface area contributed by atoms with Gasteiger partial charge in [-0.3, -0.25) is 4.79 Å². The number of amides is 1. The maximum absolute atomic E-state index is 11.1. The van der Waals surface area contributed by atoms with E-state index in [0.717, 1.165) is 23.3 Å². The summed E-state index contributed by atoms with van der Waals surface area (Å²) in [4.78, 5) is 11.1. The number of piperidine rings is 1. The first-order valence-electron chi connectivity index (χ1n) is 7.43. The Morgan fingerprint density at radius 2 is 2.14 bits per heavy atom. The van der Waals surface area contributed by atoms with Crippen LogP contribution in [0.1, 0.15) is 24.0 Å². The van der Waals surface area contributed by atoms with Gasteiger partial charge in [0.05, 0.1) is 0 Å². The Hall–Kier alpha value is -1.59. The van der Waals surface area contributed by atoms with E-state index in [1.807, 2.05) is 32.0 Å². The van der Waals surface area contributed by atoms with Gasteiger partial charge in [0.1, 0.15) is 18.5 Å².